The van der Waals surface area contributed by atoms with Crippen LogP contribution in [0.15, 0.2) is 0 Å². The normalized spacial score (nSPS) is 53.0. The Morgan fingerprint density at radius 3 is 2.44 bits per heavy atom. The summed E-state index contributed by atoms with van der Waals surface area (Å²) in [7, 11) is 0. The minimum Gasteiger partial charge on any atom is -0.327 e. The van der Waals surface area contributed by atoms with Gasteiger partial charge in [0.05, 0.1) is 0 Å². The van der Waals surface area contributed by atoms with E-state index < -0.39 is 0 Å². The average molecular weight is 250 g/mol. The molecule has 7 unspecified atom stereocenters. The molecule has 2 saturated carbocycles. The molecule has 2 bridgehead atoms. The molecule has 0 aromatic carbocycles. The number of hydrogen-bond acceptors (Lipinski definition) is 2. The van der Waals surface area contributed by atoms with Crippen molar-refractivity contribution in [1.29, 1.82) is 0 Å². The van der Waals surface area contributed by atoms with Gasteiger partial charge in [0.15, 0.2) is 0 Å². The third kappa shape index (κ3) is 2.12. The zero-order chi connectivity index (χ0) is 12.9. The topological polar surface area (TPSA) is 29.3 Å². The lowest BCUT2D eigenvalue weighted by Gasteiger charge is -2.44. The average Bonchev–Trinajstić information content (AvgIpc) is 2.89. The maximum atomic E-state index is 6.47. The molecule has 2 nitrogen and oxygen atoms in total. The number of hydrogen-bond donors (Lipinski definition) is 1. The third-order valence-corrected chi connectivity index (χ3v) is 6.32. The fraction of sp³-hybridized carbons (Fsp3) is 1.00. The number of nitrogens with two attached hydrogens (primary N) is 1. The molecular weight excluding hydrogens is 220 g/mol. The van der Waals surface area contributed by atoms with Gasteiger partial charge in [-0.3, -0.25) is 4.90 Å². The van der Waals surface area contributed by atoms with Gasteiger partial charge in [-0.1, -0.05) is 13.8 Å². The molecule has 0 spiro atoms. The van der Waals surface area contributed by atoms with Gasteiger partial charge in [-0.05, 0) is 62.2 Å². The van der Waals surface area contributed by atoms with Gasteiger partial charge >= 0.3 is 0 Å². The van der Waals surface area contributed by atoms with Crippen LogP contribution >= 0.6 is 0 Å². The molecule has 2 heteroatoms. The zero-order valence-corrected chi connectivity index (χ0v) is 12.3. The van der Waals surface area contributed by atoms with Gasteiger partial charge in [0.25, 0.3) is 0 Å². The third-order valence-electron chi connectivity index (χ3n) is 6.32. The molecule has 0 aromatic rings. The number of piperidine rings is 1. The molecule has 7 atom stereocenters. The quantitative estimate of drug-likeness (QED) is 0.816. The Labute approximate surface area is 112 Å². The summed E-state index contributed by atoms with van der Waals surface area (Å²) in [6, 6.07) is 1.26. The molecule has 2 aliphatic carbocycles. The highest BCUT2D eigenvalue weighted by molar-refractivity contribution is 5.00. The zero-order valence-electron chi connectivity index (χ0n) is 12.3. The maximum absolute atomic E-state index is 6.47. The highest BCUT2D eigenvalue weighted by Crippen LogP contribution is 2.48. The maximum Gasteiger partial charge on any atom is 0.0111 e. The van der Waals surface area contributed by atoms with Crippen molar-refractivity contribution < 1.29 is 0 Å². The first-order valence-electron chi connectivity index (χ1n) is 8.06. The summed E-state index contributed by atoms with van der Waals surface area (Å²) < 4.78 is 0. The van der Waals surface area contributed by atoms with E-state index in [9.17, 15) is 0 Å². The fourth-order valence-corrected chi connectivity index (χ4v) is 5.07. The minimum atomic E-state index is 0.503. The molecule has 0 amide bonds. The van der Waals surface area contributed by atoms with E-state index in [0.29, 0.717) is 6.04 Å². The van der Waals surface area contributed by atoms with Crippen LogP contribution in [0.2, 0.25) is 0 Å². The summed E-state index contributed by atoms with van der Waals surface area (Å²) in [6.07, 6.45) is 5.70. The summed E-state index contributed by atoms with van der Waals surface area (Å²) in [5.74, 6) is 4.32. The SMILES string of the molecule is CC1CC(C)C(C)N(CC2C3CCC(C3)C2N)C1. The molecule has 1 heterocycles. The molecule has 104 valence electrons. The molecule has 0 radical (unpaired) electrons. The number of rotatable bonds is 2. The first-order chi connectivity index (χ1) is 8.56. The van der Waals surface area contributed by atoms with Gasteiger partial charge in [0.2, 0.25) is 0 Å². The summed E-state index contributed by atoms with van der Waals surface area (Å²) in [5.41, 5.74) is 6.47. The van der Waals surface area contributed by atoms with E-state index >= 15 is 0 Å². The van der Waals surface area contributed by atoms with Crippen LogP contribution < -0.4 is 5.73 Å². The van der Waals surface area contributed by atoms with Crippen LogP contribution in [0.4, 0.5) is 0 Å². The number of nitrogens with zero attached hydrogens (tertiary/aromatic N) is 1. The summed E-state index contributed by atoms with van der Waals surface area (Å²) in [5, 5.41) is 0. The van der Waals surface area contributed by atoms with Gasteiger partial charge in [-0.15, -0.1) is 0 Å². The van der Waals surface area contributed by atoms with Crippen molar-refractivity contribution in [1.82, 2.24) is 4.90 Å². The highest BCUT2D eigenvalue weighted by atomic mass is 15.2. The van der Waals surface area contributed by atoms with Crippen LogP contribution in [0.25, 0.3) is 0 Å². The monoisotopic (exact) mass is 250 g/mol. The van der Waals surface area contributed by atoms with Crippen LogP contribution in [0.1, 0.15) is 46.5 Å². The molecule has 1 saturated heterocycles. The predicted octanol–water partition coefficient (Wildman–Crippen LogP) is 2.73. The van der Waals surface area contributed by atoms with Gasteiger partial charge in [-0.25, -0.2) is 0 Å². The standard InChI is InChI=1S/C16H30N2/c1-10-6-11(2)12(3)18(8-10)9-15-13-4-5-14(7-13)16(15)17/h10-16H,4-9,17H2,1-3H3. The van der Waals surface area contributed by atoms with Crippen molar-refractivity contribution in [2.75, 3.05) is 13.1 Å². The lowest BCUT2D eigenvalue weighted by Crippen LogP contribution is -2.51. The molecule has 3 aliphatic rings. The summed E-state index contributed by atoms with van der Waals surface area (Å²) in [4.78, 5) is 2.75. The van der Waals surface area contributed by atoms with E-state index in [4.69, 9.17) is 5.73 Å². The first kappa shape index (κ1) is 12.9. The van der Waals surface area contributed by atoms with Crippen molar-refractivity contribution in [3.05, 3.63) is 0 Å². The second-order valence-electron chi connectivity index (χ2n) is 7.59. The van der Waals surface area contributed by atoms with E-state index in [0.717, 1.165) is 35.6 Å². The summed E-state index contributed by atoms with van der Waals surface area (Å²) in [6.45, 7) is 9.84. The summed E-state index contributed by atoms with van der Waals surface area (Å²) >= 11 is 0. The molecule has 0 aromatic heterocycles. The van der Waals surface area contributed by atoms with E-state index in [2.05, 4.69) is 25.7 Å². The van der Waals surface area contributed by atoms with Crippen LogP contribution in [0.5, 0.6) is 0 Å². The lowest BCUT2D eigenvalue weighted by molar-refractivity contribution is 0.0512. The van der Waals surface area contributed by atoms with E-state index in [1.807, 2.05) is 0 Å². The Bertz CT molecular complexity index is 301. The van der Waals surface area contributed by atoms with Crippen molar-refractivity contribution in [2.24, 2.45) is 35.3 Å². The van der Waals surface area contributed by atoms with Crippen LogP contribution in [-0.4, -0.2) is 30.1 Å². The van der Waals surface area contributed by atoms with Gasteiger partial charge in [-0.2, -0.15) is 0 Å². The lowest BCUT2D eigenvalue weighted by atomic mass is 9.81. The first-order valence-corrected chi connectivity index (χ1v) is 8.06. The fourth-order valence-electron chi connectivity index (χ4n) is 5.07. The molecule has 1 aliphatic heterocycles. The van der Waals surface area contributed by atoms with Gasteiger partial charge in [0, 0.05) is 25.2 Å². The van der Waals surface area contributed by atoms with Crippen molar-refractivity contribution in [3.8, 4) is 0 Å². The molecule has 3 rings (SSSR count). The van der Waals surface area contributed by atoms with Crippen LogP contribution in [0.3, 0.4) is 0 Å². The van der Waals surface area contributed by atoms with E-state index in [1.54, 1.807) is 0 Å². The molecule has 2 N–H and O–H groups in total. The smallest absolute Gasteiger partial charge is 0.0111 e. The van der Waals surface area contributed by atoms with Gasteiger partial charge in [0.1, 0.15) is 0 Å². The highest BCUT2D eigenvalue weighted by Gasteiger charge is 2.46. The van der Waals surface area contributed by atoms with Crippen LogP contribution in [-0.2, 0) is 0 Å². The van der Waals surface area contributed by atoms with E-state index in [-0.39, 0.29) is 0 Å². The molecule has 18 heavy (non-hydrogen) atoms. The van der Waals surface area contributed by atoms with Gasteiger partial charge < -0.3 is 5.73 Å². The Morgan fingerprint density at radius 2 is 1.78 bits per heavy atom. The Hall–Kier alpha value is -0.0800. The second kappa shape index (κ2) is 4.79. The van der Waals surface area contributed by atoms with Crippen LogP contribution in [0, 0.1) is 29.6 Å². The number of fused-ring (bicyclic) bond motifs is 2. The second-order valence-corrected chi connectivity index (χ2v) is 7.59. The predicted molar refractivity (Wildman–Crippen MR) is 76.3 cm³/mol. The van der Waals surface area contributed by atoms with Crippen molar-refractivity contribution in [2.45, 2.75) is 58.5 Å². The number of likely N-dealkylation sites (tertiary alicyclic amines) is 1. The Morgan fingerprint density at radius 1 is 1.06 bits per heavy atom. The molecular formula is C16H30N2. The Kier molecular flexibility index (Phi) is 3.44. The molecule has 3 fully saturated rings. The van der Waals surface area contributed by atoms with E-state index in [1.165, 1.54) is 38.8 Å². The minimum absolute atomic E-state index is 0.503. The Balaban J connectivity index is 1.65. The van der Waals surface area contributed by atoms with Crippen molar-refractivity contribution in [3.63, 3.8) is 0 Å². The largest absolute Gasteiger partial charge is 0.327 e. The van der Waals surface area contributed by atoms with Crippen molar-refractivity contribution >= 4 is 0 Å².